The summed E-state index contributed by atoms with van der Waals surface area (Å²) in [7, 11) is 0. The number of ether oxygens (including phenoxy) is 3. The van der Waals surface area contributed by atoms with Crippen LogP contribution in [-0.2, 0) is 17.7 Å². The Kier molecular flexibility index (Phi) is 10.2. The van der Waals surface area contributed by atoms with Gasteiger partial charge in [-0.2, -0.15) is 0 Å². The molecule has 0 spiro atoms. The van der Waals surface area contributed by atoms with Gasteiger partial charge >= 0.3 is 0 Å². The lowest BCUT2D eigenvalue weighted by atomic mass is 9.93. The second-order valence-electron chi connectivity index (χ2n) is 9.38. The Morgan fingerprint density at radius 3 is 2.31 bits per heavy atom. The summed E-state index contributed by atoms with van der Waals surface area (Å²) in [5.74, 6) is 1.53. The van der Waals surface area contributed by atoms with E-state index in [-0.39, 0.29) is 11.9 Å². The molecule has 0 radical (unpaired) electrons. The van der Waals surface area contributed by atoms with Crippen molar-refractivity contribution in [2.24, 2.45) is 0 Å². The van der Waals surface area contributed by atoms with Crippen LogP contribution in [-0.4, -0.2) is 25.9 Å². The SMILES string of the molecule is CCCc1ccc(NCc2ccc(OC(C)C)c(-c3c(C)cc(OCCOCC)cc3C)c2)cc1F. The van der Waals surface area contributed by atoms with Gasteiger partial charge in [0.05, 0.1) is 12.7 Å². The smallest absolute Gasteiger partial charge is 0.128 e. The average Bonchev–Trinajstić information content (AvgIpc) is 2.83. The van der Waals surface area contributed by atoms with Gasteiger partial charge in [0, 0.05) is 24.4 Å². The van der Waals surface area contributed by atoms with Crippen LogP contribution in [0.25, 0.3) is 11.1 Å². The molecule has 3 aromatic rings. The zero-order valence-corrected chi connectivity index (χ0v) is 22.5. The first-order valence-electron chi connectivity index (χ1n) is 13.0. The van der Waals surface area contributed by atoms with Crippen LogP contribution >= 0.6 is 0 Å². The Morgan fingerprint density at radius 1 is 0.917 bits per heavy atom. The molecule has 0 aliphatic carbocycles. The number of hydrogen-bond acceptors (Lipinski definition) is 4. The lowest BCUT2D eigenvalue weighted by Crippen LogP contribution is -2.09. The lowest BCUT2D eigenvalue weighted by Gasteiger charge is -2.20. The molecule has 3 rings (SSSR count). The van der Waals surface area contributed by atoms with Crippen LogP contribution in [0.15, 0.2) is 48.5 Å². The van der Waals surface area contributed by atoms with Gasteiger partial charge in [-0.25, -0.2) is 4.39 Å². The lowest BCUT2D eigenvalue weighted by molar-refractivity contribution is 0.110. The van der Waals surface area contributed by atoms with E-state index in [4.69, 9.17) is 14.2 Å². The largest absolute Gasteiger partial charge is 0.491 e. The summed E-state index contributed by atoms with van der Waals surface area (Å²) < 4.78 is 31.9. The number of halogens is 1. The second-order valence-corrected chi connectivity index (χ2v) is 9.38. The molecule has 0 aromatic heterocycles. The van der Waals surface area contributed by atoms with Gasteiger partial charge < -0.3 is 19.5 Å². The monoisotopic (exact) mass is 493 g/mol. The normalized spacial score (nSPS) is 11.1. The van der Waals surface area contributed by atoms with Crippen molar-refractivity contribution in [3.63, 3.8) is 0 Å². The zero-order valence-electron chi connectivity index (χ0n) is 22.5. The molecule has 194 valence electrons. The van der Waals surface area contributed by atoms with Crippen LogP contribution in [0.3, 0.4) is 0 Å². The minimum absolute atomic E-state index is 0.0547. The van der Waals surface area contributed by atoms with E-state index in [0.29, 0.717) is 26.4 Å². The van der Waals surface area contributed by atoms with Gasteiger partial charge in [0.25, 0.3) is 0 Å². The second kappa shape index (κ2) is 13.3. The molecule has 0 bridgehead atoms. The molecule has 0 unspecified atom stereocenters. The predicted octanol–water partition coefficient (Wildman–Crippen LogP) is 7.88. The van der Waals surface area contributed by atoms with Gasteiger partial charge in [0.1, 0.15) is 23.9 Å². The van der Waals surface area contributed by atoms with Gasteiger partial charge in [0.15, 0.2) is 0 Å². The fourth-order valence-corrected chi connectivity index (χ4v) is 4.37. The maximum atomic E-state index is 14.4. The van der Waals surface area contributed by atoms with Crippen LogP contribution in [0.5, 0.6) is 11.5 Å². The van der Waals surface area contributed by atoms with E-state index in [1.807, 2.05) is 39.0 Å². The van der Waals surface area contributed by atoms with E-state index < -0.39 is 0 Å². The third kappa shape index (κ3) is 7.47. The molecular weight excluding hydrogens is 453 g/mol. The van der Waals surface area contributed by atoms with Crippen molar-refractivity contribution >= 4 is 5.69 Å². The Hall–Kier alpha value is -3.05. The van der Waals surface area contributed by atoms with Crippen molar-refractivity contribution < 1.29 is 18.6 Å². The summed E-state index contributed by atoms with van der Waals surface area (Å²) in [5, 5.41) is 3.37. The Labute approximate surface area is 215 Å². The van der Waals surface area contributed by atoms with E-state index in [9.17, 15) is 4.39 Å². The van der Waals surface area contributed by atoms with Crippen LogP contribution in [0.1, 0.15) is 56.4 Å². The first-order chi connectivity index (χ1) is 17.3. The van der Waals surface area contributed by atoms with Crippen LogP contribution < -0.4 is 14.8 Å². The molecule has 0 saturated carbocycles. The maximum Gasteiger partial charge on any atom is 0.128 e. The fraction of sp³-hybridized carbons (Fsp3) is 0.419. The van der Waals surface area contributed by atoms with E-state index >= 15 is 0 Å². The number of anilines is 1. The maximum absolute atomic E-state index is 14.4. The molecule has 5 heteroatoms. The van der Waals surface area contributed by atoms with Crippen LogP contribution in [0, 0.1) is 19.7 Å². The molecule has 1 N–H and O–H groups in total. The first-order valence-corrected chi connectivity index (χ1v) is 13.0. The molecule has 0 atom stereocenters. The van der Waals surface area contributed by atoms with Crippen molar-refractivity contribution in [1.82, 2.24) is 0 Å². The Balaban J connectivity index is 1.86. The summed E-state index contributed by atoms with van der Waals surface area (Å²) in [4.78, 5) is 0. The number of rotatable bonds is 13. The minimum Gasteiger partial charge on any atom is -0.491 e. The van der Waals surface area contributed by atoms with Crippen molar-refractivity contribution in [2.75, 3.05) is 25.1 Å². The van der Waals surface area contributed by atoms with Crippen molar-refractivity contribution in [3.8, 4) is 22.6 Å². The number of hydrogen-bond donors (Lipinski definition) is 1. The quantitative estimate of drug-likeness (QED) is 0.246. The number of benzene rings is 3. The van der Waals surface area contributed by atoms with Crippen molar-refractivity contribution in [1.29, 1.82) is 0 Å². The Bertz CT molecular complexity index is 1120. The summed E-state index contributed by atoms with van der Waals surface area (Å²) in [5.41, 5.74) is 7.05. The molecule has 0 heterocycles. The topological polar surface area (TPSA) is 39.7 Å². The van der Waals surface area contributed by atoms with Gasteiger partial charge in [-0.1, -0.05) is 25.5 Å². The zero-order chi connectivity index (χ0) is 26.1. The summed E-state index contributed by atoms with van der Waals surface area (Å²) in [6.45, 7) is 14.7. The van der Waals surface area contributed by atoms with Gasteiger partial charge in [0.2, 0.25) is 0 Å². The Morgan fingerprint density at radius 2 is 1.67 bits per heavy atom. The highest BCUT2D eigenvalue weighted by Crippen LogP contribution is 2.38. The molecule has 4 nitrogen and oxygen atoms in total. The molecule has 0 saturated heterocycles. The molecule has 0 fully saturated rings. The van der Waals surface area contributed by atoms with Gasteiger partial charge in [-0.05, 0) is 105 Å². The molecule has 0 amide bonds. The third-order valence-electron chi connectivity index (χ3n) is 5.95. The van der Waals surface area contributed by atoms with Crippen molar-refractivity contribution in [2.45, 2.75) is 67.0 Å². The molecule has 0 aliphatic rings. The van der Waals surface area contributed by atoms with E-state index in [1.54, 1.807) is 6.07 Å². The van der Waals surface area contributed by atoms with Gasteiger partial charge in [-0.3, -0.25) is 0 Å². The van der Waals surface area contributed by atoms with Gasteiger partial charge in [-0.15, -0.1) is 0 Å². The molecule has 36 heavy (non-hydrogen) atoms. The van der Waals surface area contributed by atoms with E-state index in [1.165, 1.54) is 0 Å². The van der Waals surface area contributed by atoms with Crippen molar-refractivity contribution in [3.05, 3.63) is 76.6 Å². The molecule has 3 aromatic carbocycles. The highest BCUT2D eigenvalue weighted by Gasteiger charge is 2.15. The van der Waals surface area contributed by atoms with E-state index in [0.717, 1.165) is 63.4 Å². The molecular formula is C31H40FNO3. The highest BCUT2D eigenvalue weighted by atomic mass is 19.1. The first kappa shape index (κ1) is 27.5. The van der Waals surface area contributed by atoms with E-state index in [2.05, 4.69) is 50.4 Å². The standard InChI is InChI=1S/C31H40FNO3/c1-7-9-25-11-12-26(19-29(25)32)33-20-24-10-13-30(36-21(3)4)28(18-24)31-22(5)16-27(17-23(31)6)35-15-14-34-8-2/h10-13,16-19,21,33H,7-9,14-15,20H2,1-6H3. The summed E-state index contributed by atoms with van der Waals surface area (Å²) in [6, 6.07) is 15.8. The summed E-state index contributed by atoms with van der Waals surface area (Å²) in [6.07, 6.45) is 1.73. The van der Waals surface area contributed by atoms with Crippen LogP contribution in [0.4, 0.5) is 10.1 Å². The number of aryl methyl sites for hydroxylation is 3. The predicted molar refractivity (Wildman–Crippen MR) is 147 cm³/mol. The fourth-order valence-electron chi connectivity index (χ4n) is 4.37. The highest BCUT2D eigenvalue weighted by molar-refractivity contribution is 5.77. The summed E-state index contributed by atoms with van der Waals surface area (Å²) >= 11 is 0. The number of nitrogens with one attached hydrogen (secondary N) is 1. The minimum atomic E-state index is -0.155. The van der Waals surface area contributed by atoms with Crippen LogP contribution in [0.2, 0.25) is 0 Å². The molecule has 0 aliphatic heterocycles. The third-order valence-corrected chi connectivity index (χ3v) is 5.95. The average molecular weight is 494 g/mol.